The number of aromatic nitrogens is 4. The molecule has 0 radical (unpaired) electrons. The molecule has 1 fully saturated rings. The fourth-order valence-electron chi connectivity index (χ4n) is 2.23. The Hall–Kier alpha value is -1.81. The summed E-state index contributed by atoms with van der Waals surface area (Å²) in [6.45, 7) is -0.310. The zero-order chi connectivity index (χ0) is 13.6. The lowest BCUT2D eigenvalue weighted by atomic mass is 10.1. The van der Waals surface area contributed by atoms with Crippen LogP contribution in [0.4, 0.5) is 5.82 Å². The SMILES string of the molecule is Nc1ncnc2c1ncn2[C@@H]1O[C@H](CO)[C@@H](O)[C@H]1N. The van der Waals surface area contributed by atoms with Gasteiger partial charge >= 0.3 is 0 Å². The Morgan fingerprint density at radius 3 is 2.84 bits per heavy atom. The van der Waals surface area contributed by atoms with Crippen LogP contribution in [0.1, 0.15) is 6.23 Å². The van der Waals surface area contributed by atoms with E-state index in [0.29, 0.717) is 11.2 Å². The van der Waals surface area contributed by atoms with E-state index in [1.807, 2.05) is 0 Å². The molecule has 1 aliphatic heterocycles. The van der Waals surface area contributed by atoms with E-state index in [1.165, 1.54) is 12.7 Å². The van der Waals surface area contributed by atoms with Crippen molar-refractivity contribution in [3.63, 3.8) is 0 Å². The molecule has 3 rings (SSSR count). The van der Waals surface area contributed by atoms with Gasteiger partial charge in [-0.3, -0.25) is 4.57 Å². The van der Waals surface area contributed by atoms with Crippen molar-refractivity contribution in [1.82, 2.24) is 19.5 Å². The highest BCUT2D eigenvalue weighted by Gasteiger charge is 2.42. The molecule has 0 bridgehead atoms. The number of ether oxygens (including phenoxy) is 1. The van der Waals surface area contributed by atoms with Gasteiger partial charge in [0, 0.05) is 0 Å². The molecule has 1 saturated heterocycles. The van der Waals surface area contributed by atoms with Crippen molar-refractivity contribution in [3.8, 4) is 0 Å². The van der Waals surface area contributed by atoms with Crippen LogP contribution in [0, 0.1) is 0 Å². The first kappa shape index (κ1) is 12.2. The molecule has 2 aromatic heterocycles. The van der Waals surface area contributed by atoms with Crippen molar-refractivity contribution in [3.05, 3.63) is 12.7 Å². The second-order valence-electron chi connectivity index (χ2n) is 4.40. The smallest absolute Gasteiger partial charge is 0.167 e. The number of imidazole rings is 1. The summed E-state index contributed by atoms with van der Waals surface area (Å²) >= 11 is 0. The van der Waals surface area contributed by atoms with Crippen LogP contribution in [-0.4, -0.2) is 54.6 Å². The number of nitrogens with zero attached hydrogens (tertiary/aromatic N) is 4. The quantitative estimate of drug-likeness (QED) is 0.487. The zero-order valence-corrected chi connectivity index (χ0v) is 9.92. The predicted octanol–water partition coefficient (Wildman–Crippen LogP) is -2.01. The monoisotopic (exact) mass is 266 g/mol. The molecule has 0 spiro atoms. The highest BCUT2D eigenvalue weighted by molar-refractivity contribution is 5.81. The summed E-state index contributed by atoms with van der Waals surface area (Å²) < 4.78 is 7.10. The van der Waals surface area contributed by atoms with Gasteiger partial charge in [-0.1, -0.05) is 0 Å². The second-order valence-corrected chi connectivity index (χ2v) is 4.40. The maximum atomic E-state index is 9.85. The molecule has 1 aliphatic rings. The number of hydrogen-bond donors (Lipinski definition) is 4. The Morgan fingerprint density at radius 1 is 1.37 bits per heavy atom. The molecule has 9 nitrogen and oxygen atoms in total. The Kier molecular flexibility index (Phi) is 2.82. The Balaban J connectivity index is 2.04. The number of anilines is 1. The van der Waals surface area contributed by atoms with Crippen LogP contribution in [0.15, 0.2) is 12.7 Å². The molecule has 2 aromatic rings. The minimum absolute atomic E-state index is 0.259. The molecule has 19 heavy (non-hydrogen) atoms. The van der Waals surface area contributed by atoms with Gasteiger partial charge < -0.3 is 26.4 Å². The molecule has 102 valence electrons. The van der Waals surface area contributed by atoms with Gasteiger partial charge in [-0.05, 0) is 0 Å². The molecular formula is C10H14N6O3. The largest absolute Gasteiger partial charge is 0.394 e. The average molecular weight is 266 g/mol. The van der Waals surface area contributed by atoms with E-state index < -0.39 is 24.5 Å². The van der Waals surface area contributed by atoms with Gasteiger partial charge in [-0.25, -0.2) is 15.0 Å². The number of aliphatic hydroxyl groups is 2. The molecule has 9 heteroatoms. The van der Waals surface area contributed by atoms with E-state index >= 15 is 0 Å². The van der Waals surface area contributed by atoms with Gasteiger partial charge in [0.25, 0.3) is 0 Å². The second kappa shape index (κ2) is 4.38. The first-order chi connectivity index (χ1) is 9.13. The van der Waals surface area contributed by atoms with Crippen molar-refractivity contribution in [2.75, 3.05) is 12.3 Å². The molecular weight excluding hydrogens is 252 g/mol. The van der Waals surface area contributed by atoms with Crippen LogP contribution < -0.4 is 11.5 Å². The van der Waals surface area contributed by atoms with Gasteiger partial charge in [0.05, 0.1) is 19.0 Å². The van der Waals surface area contributed by atoms with Gasteiger partial charge in [0.15, 0.2) is 17.7 Å². The van der Waals surface area contributed by atoms with Crippen molar-refractivity contribution in [2.24, 2.45) is 5.73 Å². The molecule has 0 unspecified atom stereocenters. The predicted molar refractivity (Wildman–Crippen MR) is 64.7 cm³/mol. The van der Waals surface area contributed by atoms with Crippen LogP contribution >= 0.6 is 0 Å². The van der Waals surface area contributed by atoms with E-state index in [2.05, 4.69) is 15.0 Å². The first-order valence-corrected chi connectivity index (χ1v) is 5.76. The van der Waals surface area contributed by atoms with Crippen molar-refractivity contribution in [2.45, 2.75) is 24.5 Å². The summed E-state index contributed by atoms with van der Waals surface area (Å²) in [5.74, 6) is 0.259. The van der Waals surface area contributed by atoms with Crippen molar-refractivity contribution < 1.29 is 14.9 Å². The maximum Gasteiger partial charge on any atom is 0.167 e. The topological polar surface area (TPSA) is 145 Å². The third-order valence-corrected chi connectivity index (χ3v) is 3.26. The van der Waals surface area contributed by atoms with E-state index in [0.717, 1.165) is 0 Å². The minimum Gasteiger partial charge on any atom is -0.394 e. The number of hydrogen-bond acceptors (Lipinski definition) is 8. The van der Waals surface area contributed by atoms with Crippen LogP contribution in [0.2, 0.25) is 0 Å². The van der Waals surface area contributed by atoms with Crippen LogP contribution in [0.25, 0.3) is 11.2 Å². The lowest BCUT2D eigenvalue weighted by Gasteiger charge is -2.17. The van der Waals surface area contributed by atoms with E-state index in [4.69, 9.17) is 21.3 Å². The van der Waals surface area contributed by atoms with Crippen LogP contribution in [0.3, 0.4) is 0 Å². The van der Waals surface area contributed by atoms with Crippen molar-refractivity contribution in [1.29, 1.82) is 0 Å². The summed E-state index contributed by atoms with van der Waals surface area (Å²) in [6.07, 6.45) is 0.456. The normalized spacial score (nSPS) is 31.1. The Morgan fingerprint density at radius 2 is 2.16 bits per heavy atom. The lowest BCUT2D eigenvalue weighted by Crippen LogP contribution is -2.39. The standard InChI is InChI=1S/C10H14N6O3/c11-5-7(18)4(1-17)19-10(5)16-3-15-6-8(12)13-2-14-9(6)16/h2-5,7,10,17-18H,1,11H2,(H2,12,13,14)/t4-,5-,7-,10-/m1/s1. The van der Waals surface area contributed by atoms with E-state index in [1.54, 1.807) is 4.57 Å². The fourth-order valence-corrected chi connectivity index (χ4v) is 2.23. The van der Waals surface area contributed by atoms with E-state index in [-0.39, 0.29) is 12.4 Å². The third kappa shape index (κ3) is 1.75. The van der Waals surface area contributed by atoms with Crippen molar-refractivity contribution >= 4 is 17.0 Å². The lowest BCUT2D eigenvalue weighted by molar-refractivity contribution is -0.0437. The number of fused-ring (bicyclic) bond motifs is 1. The van der Waals surface area contributed by atoms with Gasteiger partial charge in [0.2, 0.25) is 0 Å². The number of aliphatic hydroxyl groups excluding tert-OH is 2. The Bertz CT molecular complexity index is 602. The molecule has 4 atom stereocenters. The number of nitrogens with two attached hydrogens (primary N) is 2. The fraction of sp³-hybridized carbons (Fsp3) is 0.500. The highest BCUT2D eigenvalue weighted by Crippen LogP contribution is 2.30. The molecule has 0 amide bonds. The maximum absolute atomic E-state index is 9.85. The minimum atomic E-state index is -0.952. The molecule has 6 N–H and O–H groups in total. The number of rotatable bonds is 2. The van der Waals surface area contributed by atoms with Gasteiger partial charge in [-0.2, -0.15) is 0 Å². The molecule has 3 heterocycles. The summed E-state index contributed by atoms with van der Waals surface area (Å²) in [7, 11) is 0. The number of nitrogen functional groups attached to an aromatic ring is 1. The third-order valence-electron chi connectivity index (χ3n) is 3.26. The average Bonchev–Trinajstić information content (AvgIpc) is 2.94. The zero-order valence-electron chi connectivity index (χ0n) is 9.92. The molecule has 0 aromatic carbocycles. The molecule has 0 saturated carbocycles. The first-order valence-electron chi connectivity index (χ1n) is 5.76. The Labute approximate surface area is 107 Å². The van der Waals surface area contributed by atoms with Gasteiger partial charge in [-0.15, -0.1) is 0 Å². The van der Waals surface area contributed by atoms with Crippen LogP contribution in [-0.2, 0) is 4.74 Å². The van der Waals surface area contributed by atoms with Gasteiger partial charge in [0.1, 0.15) is 24.1 Å². The highest BCUT2D eigenvalue weighted by atomic mass is 16.5. The summed E-state index contributed by atoms with van der Waals surface area (Å²) in [5.41, 5.74) is 12.5. The summed E-state index contributed by atoms with van der Waals surface area (Å²) in [5, 5.41) is 19.0. The van der Waals surface area contributed by atoms with Crippen LogP contribution in [0.5, 0.6) is 0 Å². The summed E-state index contributed by atoms with van der Waals surface area (Å²) in [4.78, 5) is 12.0. The summed E-state index contributed by atoms with van der Waals surface area (Å²) in [6, 6.07) is -0.689. The van der Waals surface area contributed by atoms with E-state index in [9.17, 15) is 5.11 Å². The molecule has 0 aliphatic carbocycles.